The lowest BCUT2D eigenvalue weighted by Crippen LogP contribution is -2.15. The average molecular weight is 140 g/mol. The first kappa shape index (κ1) is 8.75. The first-order valence-electron chi connectivity index (χ1n) is 2.88. The number of carbonyl (C=O) groups excluding carboxylic acids is 1. The Morgan fingerprint density at radius 3 is 2.20 bits per heavy atom. The number of carbonyl (C=O) groups is 1. The first-order chi connectivity index (χ1) is 4.57. The predicted octanol–water partition coefficient (Wildman–Crippen LogP) is 0.103. The van der Waals surface area contributed by atoms with Crippen LogP contribution >= 0.6 is 0 Å². The van der Waals surface area contributed by atoms with Gasteiger partial charge in [-0.15, -0.1) is 0 Å². The normalized spacial score (nSPS) is 10.8. The van der Waals surface area contributed by atoms with Crippen molar-refractivity contribution in [3.63, 3.8) is 0 Å². The molecule has 1 amide bonds. The molecule has 0 unspecified atom stereocenters. The van der Waals surface area contributed by atoms with Crippen LogP contribution in [0.1, 0.15) is 0 Å². The molecule has 0 heterocycles. The van der Waals surface area contributed by atoms with Gasteiger partial charge < -0.3 is 10.6 Å². The lowest BCUT2D eigenvalue weighted by atomic mass is 10.3. The summed E-state index contributed by atoms with van der Waals surface area (Å²) in [7, 11) is 3.62. The van der Waals surface area contributed by atoms with Crippen LogP contribution in [-0.4, -0.2) is 24.9 Å². The van der Waals surface area contributed by atoms with Crippen molar-refractivity contribution in [3.05, 3.63) is 24.4 Å². The fraction of sp³-hybridized carbons (Fsp3) is 0.286. The molecular weight excluding hydrogens is 128 g/mol. The molecule has 0 saturated carbocycles. The van der Waals surface area contributed by atoms with Crippen molar-refractivity contribution < 1.29 is 4.79 Å². The highest BCUT2D eigenvalue weighted by Gasteiger charge is 1.97. The molecule has 0 aliphatic carbocycles. The van der Waals surface area contributed by atoms with Gasteiger partial charge in [0.2, 0.25) is 5.91 Å². The molecule has 10 heavy (non-hydrogen) atoms. The summed E-state index contributed by atoms with van der Waals surface area (Å²) < 4.78 is 0. The summed E-state index contributed by atoms with van der Waals surface area (Å²) >= 11 is 0. The Bertz CT molecular complexity index is 170. The van der Waals surface area contributed by atoms with Crippen LogP contribution in [0.25, 0.3) is 0 Å². The molecule has 2 N–H and O–H groups in total. The maximum atomic E-state index is 10.5. The number of rotatable bonds is 3. The molecule has 0 radical (unpaired) electrons. The Morgan fingerprint density at radius 1 is 1.60 bits per heavy atom. The van der Waals surface area contributed by atoms with Gasteiger partial charge in [0.25, 0.3) is 0 Å². The fourth-order valence-corrected chi connectivity index (χ4v) is 0.495. The molecule has 0 fully saturated rings. The van der Waals surface area contributed by atoms with Crippen LogP contribution in [0.5, 0.6) is 0 Å². The van der Waals surface area contributed by atoms with Crippen LogP contribution in [0.3, 0.4) is 0 Å². The summed E-state index contributed by atoms with van der Waals surface area (Å²) in [5.74, 6) is -0.455. The standard InChI is InChI=1S/C7H12N2O/c1-4-6(7(8)10)5-9(2)3/h4-5H,1H2,2-3H3,(H2,8,10). The molecule has 3 heteroatoms. The second-order valence-electron chi connectivity index (χ2n) is 2.12. The van der Waals surface area contributed by atoms with Crippen LogP contribution < -0.4 is 5.73 Å². The summed E-state index contributed by atoms with van der Waals surface area (Å²) in [5.41, 5.74) is 5.41. The average Bonchev–Trinajstić information content (AvgIpc) is 1.81. The molecule has 0 aliphatic rings. The quantitative estimate of drug-likeness (QED) is 0.446. The van der Waals surface area contributed by atoms with Crippen LogP contribution in [0.4, 0.5) is 0 Å². The van der Waals surface area contributed by atoms with Crippen molar-refractivity contribution in [1.29, 1.82) is 0 Å². The molecule has 0 aromatic heterocycles. The second kappa shape index (κ2) is 3.71. The van der Waals surface area contributed by atoms with Gasteiger partial charge in [-0.2, -0.15) is 0 Å². The van der Waals surface area contributed by atoms with E-state index >= 15 is 0 Å². The van der Waals surface area contributed by atoms with Crippen LogP contribution in [-0.2, 0) is 4.79 Å². The molecule has 0 aliphatic heterocycles. The lowest BCUT2D eigenvalue weighted by molar-refractivity contribution is -0.114. The Balaban J connectivity index is 4.33. The molecule has 0 spiro atoms. The van der Waals surface area contributed by atoms with E-state index in [0.717, 1.165) is 0 Å². The van der Waals surface area contributed by atoms with E-state index in [1.165, 1.54) is 6.08 Å². The smallest absolute Gasteiger partial charge is 0.250 e. The summed E-state index contributed by atoms with van der Waals surface area (Å²) in [4.78, 5) is 12.3. The van der Waals surface area contributed by atoms with E-state index in [1.54, 1.807) is 11.1 Å². The Kier molecular flexibility index (Phi) is 3.25. The number of amides is 1. The molecular formula is C7H12N2O. The van der Waals surface area contributed by atoms with Gasteiger partial charge in [0, 0.05) is 20.3 Å². The van der Waals surface area contributed by atoms with Crippen LogP contribution in [0, 0.1) is 0 Å². The van der Waals surface area contributed by atoms with Crippen molar-refractivity contribution in [1.82, 2.24) is 4.90 Å². The van der Waals surface area contributed by atoms with E-state index in [4.69, 9.17) is 5.73 Å². The monoisotopic (exact) mass is 140 g/mol. The van der Waals surface area contributed by atoms with Crippen molar-refractivity contribution in [3.8, 4) is 0 Å². The minimum Gasteiger partial charge on any atom is -0.383 e. The number of hydrogen-bond acceptors (Lipinski definition) is 2. The van der Waals surface area contributed by atoms with Gasteiger partial charge in [-0.05, 0) is 0 Å². The maximum Gasteiger partial charge on any atom is 0.250 e. The minimum atomic E-state index is -0.455. The van der Waals surface area contributed by atoms with Gasteiger partial charge in [-0.3, -0.25) is 4.79 Å². The van der Waals surface area contributed by atoms with Crippen molar-refractivity contribution in [2.45, 2.75) is 0 Å². The second-order valence-corrected chi connectivity index (χ2v) is 2.12. The zero-order valence-electron chi connectivity index (χ0n) is 6.29. The van der Waals surface area contributed by atoms with E-state index in [0.29, 0.717) is 5.57 Å². The number of nitrogens with zero attached hydrogens (tertiary/aromatic N) is 1. The molecule has 3 nitrogen and oxygen atoms in total. The first-order valence-corrected chi connectivity index (χ1v) is 2.88. The molecule has 0 aromatic rings. The van der Waals surface area contributed by atoms with Gasteiger partial charge in [0.15, 0.2) is 0 Å². The Hall–Kier alpha value is -1.25. The maximum absolute atomic E-state index is 10.5. The SMILES string of the molecule is C=CC(=CN(C)C)C(N)=O. The summed E-state index contributed by atoms with van der Waals surface area (Å²) in [6, 6.07) is 0. The van der Waals surface area contributed by atoms with Gasteiger partial charge >= 0.3 is 0 Å². The molecule has 0 bridgehead atoms. The van der Waals surface area contributed by atoms with E-state index < -0.39 is 5.91 Å². The molecule has 0 rings (SSSR count). The minimum absolute atomic E-state index is 0.421. The van der Waals surface area contributed by atoms with E-state index in [9.17, 15) is 4.79 Å². The highest BCUT2D eigenvalue weighted by Crippen LogP contribution is 1.94. The van der Waals surface area contributed by atoms with Crippen LogP contribution in [0.15, 0.2) is 24.4 Å². The summed E-state index contributed by atoms with van der Waals surface area (Å²) in [5, 5.41) is 0. The molecule has 0 aromatic carbocycles. The van der Waals surface area contributed by atoms with Gasteiger partial charge in [0.05, 0.1) is 5.57 Å². The summed E-state index contributed by atoms with van der Waals surface area (Å²) in [6.07, 6.45) is 3.05. The zero-order valence-corrected chi connectivity index (χ0v) is 6.29. The lowest BCUT2D eigenvalue weighted by Gasteiger charge is -2.05. The van der Waals surface area contributed by atoms with Crippen molar-refractivity contribution in [2.24, 2.45) is 5.73 Å². The zero-order chi connectivity index (χ0) is 8.15. The fourth-order valence-electron chi connectivity index (χ4n) is 0.495. The molecule has 56 valence electrons. The van der Waals surface area contributed by atoms with E-state index in [-0.39, 0.29) is 0 Å². The number of primary amides is 1. The summed E-state index contributed by atoms with van der Waals surface area (Å²) in [6.45, 7) is 3.44. The Labute approximate surface area is 60.8 Å². The van der Waals surface area contributed by atoms with Gasteiger partial charge in [-0.1, -0.05) is 12.7 Å². The van der Waals surface area contributed by atoms with Crippen LogP contribution in [0.2, 0.25) is 0 Å². The number of nitrogens with two attached hydrogens (primary N) is 1. The van der Waals surface area contributed by atoms with Crippen molar-refractivity contribution in [2.75, 3.05) is 14.1 Å². The highest BCUT2D eigenvalue weighted by atomic mass is 16.1. The number of hydrogen-bond donors (Lipinski definition) is 1. The molecule has 0 atom stereocenters. The van der Waals surface area contributed by atoms with Gasteiger partial charge in [-0.25, -0.2) is 0 Å². The largest absolute Gasteiger partial charge is 0.383 e. The third-order valence-corrected chi connectivity index (χ3v) is 0.902. The third-order valence-electron chi connectivity index (χ3n) is 0.902. The van der Waals surface area contributed by atoms with E-state index in [1.807, 2.05) is 14.1 Å². The topological polar surface area (TPSA) is 46.3 Å². The van der Waals surface area contributed by atoms with Crippen molar-refractivity contribution >= 4 is 5.91 Å². The Morgan fingerprint density at radius 2 is 2.10 bits per heavy atom. The molecule has 0 saturated heterocycles. The van der Waals surface area contributed by atoms with Gasteiger partial charge in [0.1, 0.15) is 0 Å². The predicted molar refractivity (Wildman–Crippen MR) is 41.2 cm³/mol. The third kappa shape index (κ3) is 2.91. The highest BCUT2D eigenvalue weighted by molar-refractivity contribution is 5.94. The van der Waals surface area contributed by atoms with E-state index in [2.05, 4.69) is 6.58 Å².